The zero-order chi connectivity index (χ0) is 7.61. The van der Waals surface area contributed by atoms with Gasteiger partial charge < -0.3 is 0 Å². The van der Waals surface area contributed by atoms with E-state index in [0.29, 0.717) is 0 Å². The third kappa shape index (κ3) is 1.03. The van der Waals surface area contributed by atoms with Crippen LogP contribution in [0.4, 0.5) is 0 Å². The van der Waals surface area contributed by atoms with Gasteiger partial charge in [-0.15, -0.1) is 6.58 Å². The van der Waals surface area contributed by atoms with Crippen molar-refractivity contribution in [1.29, 1.82) is 0 Å². The Morgan fingerprint density at radius 1 is 1.70 bits per heavy atom. The SMILES string of the molecule is C=CC1(C)CCCC1=[C]C. The zero-order valence-corrected chi connectivity index (χ0v) is 6.91. The molecule has 0 aliphatic heterocycles. The van der Waals surface area contributed by atoms with Crippen LogP contribution in [-0.2, 0) is 0 Å². The molecule has 0 aromatic carbocycles. The van der Waals surface area contributed by atoms with Crippen LogP contribution in [0.15, 0.2) is 18.2 Å². The van der Waals surface area contributed by atoms with Crippen molar-refractivity contribution in [1.82, 2.24) is 0 Å². The molecule has 0 aromatic heterocycles. The van der Waals surface area contributed by atoms with Crippen LogP contribution in [-0.4, -0.2) is 0 Å². The minimum atomic E-state index is 0.273. The van der Waals surface area contributed by atoms with E-state index in [2.05, 4.69) is 25.7 Å². The fourth-order valence-electron chi connectivity index (χ4n) is 1.70. The van der Waals surface area contributed by atoms with E-state index in [9.17, 15) is 0 Å². The molecule has 0 spiro atoms. The quantitative estimate of drug-likeness (QED) is 0.485. The first-order valence-electron chi connectivity index (χ1n) is 3.90. The van der Waals surface area contributed by atoms with Crippen molar-refractivity contribution in [2.24, 2.45) is 5.41 Å². The second-order valence-corrected chi connectivity index (χ2v) is 3.20. The van der Waals surface area contributed by atoms with Crippen molar-refractivity contribution < 1.29 is 0 Å². The van der Waals surface area contributed by atoms with Gasteiger partial charge in [0.2, 0.25) is 0 Å². The third-order valence-corrected chi connectivity index (χ3v) is 2.56. The highest BCUT2D eigenvalue weighted by Crippen LogP contribution is 2.42. The maximum atomic E-state index is 3.85. The largest absolute Gasteiger partial charge is 0.102 e. The zero-order valence-electron chi connectivity index (χ0n) is 6.91. The number of allylic oxidation sites excluding steroid dienone is 3. The van der Waals surface area contributed by atoms with Gasteiger partial charge >= 0.3 is 0 Å². The van der Waals surface area contributed by atoms with Crippen molar-refractivity contribution in [3.05, 3.63) is 24.3 Å². The molecule has 0 aromatic rings. The van der Waals surface area contributed by atoms with E-state index in [4.69, 9.17) is 0 Å². The summed E-state index contributed by atoms with van der Waals surface area (Å²) in [6.07, 6.45) is 9.09. The van der Waals surface area contributed by atoms with Crippen LogP contribution in [0, 0.1) is 11.5 Å². The maximum Gasteiger partial charge on any atom is 0.00657 e. The monoisotopic (exact) mass is 135 g/mol. The predicted molar refractivity (Wildman–Crippen MR) is 44.6 cm³/mol. The summed E-state index contributed by atoms with van der Waals surface area (Å²) >= 11 is 0. The minimum absolute atomic E-state index is 0.273. The van der Waals surface area contributed by atoms with Crippen LogP contribution in [0.2, 0.25) is 0 Å². The summed E-state index contributed by atoms with van der Waals surface area (Å²) in [5.74, 6) is 0. The van der Waals surface area contributed by atoms with Crippen molar-refractivity contribution in [3.63, 3.8) is 0 Å². The van der Waals surface area contributed by atoms with E-state index in [0.717, 1.165) is 0 Å². The summed E-state index contributed by atoms with van der Waals surface area (Å²) in [4.78, 5) is 0. The lowest BCUT2D eigenvalue weighted by Gasteiger charge is -2.20. The molecule has 10 heavy (non-hydrogen) atoms. The van der Waals surface area contributed by atoms with Gasteiger partial charge in [-0.2, -0.15) is 0 Å². The Kier molecular flexibility index (Phi) is 1.98. The van der Waals surface area contributed by atoms with Crippen LogP contribution in [0.25, 0.3) is 0 Å². The molecule has 0 N–H and O–H groups in total. The van der Waals surface area contributed by atoms with Crippen LogP contribution < -0.4 is 0 Å². The molecular formula is C10H15. The highest BCUT2D eigenvalue weighted by atomic mass is 14.3. The van der Waals surface area contributed by atoms with Crippen molar-refractivity contribution >= 4 is 0 Å². The lowest BCUT2D eigenvalue weighted by atomic mass is 9.85. The molecule has 0 amide bonds. The topological polar surface area (TPSA) is 0 Å². The Balaban J connectivity index is 2.85. The summed E-state index contributed by atoms with van der Waals surface area (Å²) in [6, 6.07) is 0. The molecule has 1 fully saturated rings. The smallest absolute Gasteiger partial charge is 0.00657 e. The van der Waals surface area contributed by atoms with Crippen LogP contribution in [0.5, 0.6) is 0 Å². The third-order valence-electron chi connectivity index (χ3n) is 2.56. The molecule has 1 radical (unpaired) electrons. The fourth-order valence-corrected chi connectivity index (χ4v) is 1.70. The molecule has 1 aliphatic rings. The predicted octanol–water partition coefficient (Wildman–Crippen LogP) is 3.11. The Morgan fingerprint density at radius 3 is 2.80 bits per heavy atom. The number of hydrogen-bond acceptors (Lipinski definition) is 0. The second-order valence-electron chi connectivity index (χ2n) is 3.20. The van der Waals surface area contributed by atoms with Gasteiger partial charge in [-0.25, -0.2) is 0 Å². The summed E-state index contributed by atoms with van der Waals surface area (Å²) in [7, 11) is 0. The second kappa shape index (κ2) is 2.61. The lowest BCUT2D eigenvalue weighted by molar-refractivity contribution is 0.529. The molecule has 0 bridgehead atoms. The van der Waals surface area contributed by atoms with Gasteiger partial charge in [0.25, 0.3) is 0 Å². The molecular weight excluding hydrogens is 120 g/mol. The van der Waals surface area contributed by atoms with Gasteiger partial charge in [-0.05, 0) is 32.3 Å². The molecule has 1 atom stereocenters. The Bertz CT molecular complexity index is 165. The van der Waals surface area contributed by atoms with Crippen molar-refractivity contribution in [2.75, 3.05) is 0 Å². The van der Waals surface area contributed by atoms with Gasteiger partial charge in [-0.1, -0.05) is 18.6 Å². The molecule has 1 rings (SSSR count). The first-order chi connectivity index (χ1) is 4.73. The average Bonchev–Trinajstić information content (AvgIpc) is 2.32. The van der Waals surface area contributed by atoms with Gasteiger partial charge in [0, 0.05) is 5.41 Å². The minimum Gasteiger partial charge on any atom is -0.102 e. The first kappa shape index (κ1) is 7.59. The summed E-state index contributed by atoms with van der Waals surface area (Å²) in [5.41, 5.74) is 1.72. The van der Waals surface area contributed by atoms with Gasteiger partial charge in [0.1, 0.15) is 0 Å². The molecule has 0 saturated heterocycles. The van der Waals surface area contributed by atoms with Gasteiger partial charge in [0.15, 0.2) is 0 Å². The van der Waals surface area contributed by atoms with Crippen molar-refractivity contribution in [2.45, 2.75) is 33.1 Å². The highest BCUT2D eigenvalue weighted by Gasteiger charge is 2.29. The summed E-state index contributed by atoms with van der Waals surface area (Å²) < 4.78 is 0. The maximum absolute atomic E-state index is 3.85. The van der Waals surface area contributed by atoms with E-state index >= 15 is 0 Å². The molecule has 0 nitrogen and oxygen atoms in total. The Morgan fingerprint density at radius 2 is 2.40 bits per heavy atom. The van der Waals surface area contributed by atoms with Crippen LogP contribution in [0.1, 0.15) is 33.1 Å². The van der Waals surface area contributed by atoms with Gasteiger partial charge in [-0.3, -0.25) is 0 Å². The molecule has 0 heteroatoms. The van der Waals surface area contributed by atoms with E-state index in [1.165, 1.54) is 24.8 Å². The summed E-state index contributed by atoms with van der Waals surface area (Å²) in [6.45, 7) is 8.10. The highest BCUT2D eigenvalue weighted by molar-refractivity contribution is 5.20. The normalized spacial score (nSPS) is 36.8. The molecule has 0 heterocycles. The van der Waals surface area contributed by atoms with E-state index in [-0.39, 0.29) is 5.41 Å². The van der Waals surface area contributed by atoms with E-state index in [1.54, 1.807) is 0 Å². The Hall–Kier alpha value is -0.520. The molecule has 1 unspecified atom stereocenters. The molecule has 55 valence electrons. The summed E-state index contributed by atoms with van der Waals surface area (Å²) in [5, 5.41) is 0. The first-order valence-corrected chi connectivity index (χ1v) is 3.90. The number of rotatable bonds is 1. The van der Waals surface area contributed by atoms with E-state index in [1.807, 2.05) is 6.92 Å². The average molecular weight is 135 g/mol. The van der Waals surface area contributed by atoms with Crippen LogP contribution in [0.3, 0.4) is 0 Å². The lowest BCUT2D eigenvalue weighted by Crippen LogP contribution is -2.08. The van der Waals surface area contributed by atoms with Crippen LogP contribution >= 0.6 is 0 Å². The van der Waals surface area contributed by atoms with E-state index < -0.39 is 0 Å². The van der Waals surface area contributed by atoms with Crippen molar-refractivity contribution in [3.8, 4) is 0 Å². The molecule has 1 aliphatic carbocycles. The Labute approximate surface area is 63.6 Å². The number of hydrogen-bond donors (Lipinski definition) is 0. The fraction of sp³-hybridized carbons (Fsp3) is 0.600. The standard InChI is InChI=1S/C10H15/c1-4-9-7-6-8-10(9,3)5-2/h5H,2,6-8H2,1,3H3. The van der Waals surface area contributed by atoms with Gasteiger partial charge in [0.05, 0.1) is 0 Å². The molecule has 1 saturated carbocycles.